The second-order valence-corrected chi connectivity index (χ2v) is 4.96. The summed E-state index contributed by atoms with van der Waals surface area (Å²) in [6, 6.07) is 17.9. The maximum atomic E-state index is 5.76. The second-order valence-electron chi connectivity index (χ2n) is 4.96. The standard InChI is InChI=1S/C17H17N3O/c1-13-8-10-16(11-9-13)21-12-17-14(2)18-20(19-17)15-6-4-3-5-7-15/h3-11H,12H2,1-2H3. The number of aryl methyl sites for hydroxylation is 2. The molecule has 0 atom stereocenters. The van der Waals surface area contributed by atoms with Crippen molar-refractivity contribution in [2.45, 2.75) is 20.5 Å². The van der Waals surface area contributed by atoms with Crippen molar-refractivity contribution in [3.8, 4) is 11.4 Å². The molecule has 21 heavy (non-hydrogen) atoms. The number of ether oxygens (including phenoxy) is 1. The molecule has 0 saturated heterocycles. The third kappa shape index (κ3) is 3.11. The van der Waals surface area contributed by atoms with Gasteiger partial charge in [-0.15, -0.1) is 5.10 Å². The molecule has 0 radical (unpaired) electrons. The first-order valence-electron chi connectivity index (χ1n) is 6.90. The number of nitrogens with zero attached hydrogens (tertiary/aromatic N) is 3. The summed E-state index contributed by atoms with van der Waals surface area (Å²) >= 11 is 0. The summed E-state index contributed by atoms with van der Waals surface area (Å²) < 4.78 is 5.76. The Morgan fingerprint density at radius 3 is 2.33 bits per heavy atom. The van der Waals surface area contributed by atoms with Gasteiger partial charge >= 0.3 is 0 Å². The molecule has 0 aliphatic rings. The Morgan fingerprint density at radius 1 is 0.905 bits per heavy atom. The Labute approximate surface area is 124 Å². The van der Waals surface area contributed by atoms with Crippen LogP contribution in [0.4, 0.5) is 0 Å². The first-order valence-corrected chi connectivity index (χ1v) is 6.90. The van der Waals surface area contributed by atoms with Gasteiger partial charge in [-0.05, 0) is 38.1 Å². The van der Waals surface area contributed by atoms with E-state index in [0.29, 0.717) is 6.61 Å². The number of hydrogen-bond acceptors (Lipinski definition) is 3. The van der Waals surface area contributed by atoms with Crippen LogP contribution < -0.4 is 4.74 Å². The highest BCUT2D eigenvalue weighted by Gasteiger charge is 2.09. The van der Waals surface area contributed by atoms with Crippen LogP contribution in [-0.2, 0) is 6.61 Å². The fourth-order valence-corrected chi connectivity index (χ4v) is 2.01. The lowest BCUT2D eigenvalue weighted by atomic mass is 10.2. The maximum Gasteiger partial charge on any atom is 0.134 e. The van der Waals surface area contributed by atoms with E-state index in [2.05, 4.69) is 17.1 Å². The third-order valence-corrected chi connectivity index (χ3v) is 3.26. The Balaban J connectivity index is 1.74. The van der Waals surface area contributed by atoms with E-state index in [1.807, 2.05) is 61.5 Å². The minimum Gasteiger partial charge on any atom is -0.487 e. The van der Waals surface area contributed by atoms with E-state index in [1.165, 1.54) is 5.56 Å². The molecule has 1 heterocycles. The first kappa shape index (κ1) is 13.4. The van der Waals surface area contributed by atoms with Crippen molar-refractivity contribution in [1.82, 2.24) is 15.0 Å². The molecule has 3 aromatic rings. The molecule has 1 aromatic heterocycles. The lowest BCUT2D eigenvalue weighted by Crippen LogP contribution is -2.01. The molecule has 0 unspecified atom stereocenters. The molecule has 0 spiro atoms. The van der Waals surface area contributed by atoms with Crippen LogP contribution in [0.25, 0.3) is 5.69 Å². The molecule has 106 valence electrons. The van der Waals surface area contributed by atoms with Crippen LogP contribution in [0, 0.1) is 13.8 Å². The highest BCUT2D eigenvalue weighted by Crippen LogP contribution is 2.14. The van der Waals surface area contributed by atoms with Crippen LogP contribution in [0.3, 0.4) is 0 Å². The minimum atomic E-state index is 0.418. The SMILES string of the molecule is Cc1ccc(OCc2nn(-c3ccccc3)nc2C)cc1. The normalized spacial score (nSPS) is 10.6. The minimum absolute atomic E-state index is 0.418. The summed E-state index contributed by atoms with van der Waals surface area (Å²) in [5.74, 6) is 0.842. The lowest BCUT2D eigenvalue weighted by Gasteiger charge is -2.04. The van der Waals surface area contributed by atoms with Gasteiger partial charge < -0.3 is 4.74 Å². The highest BCUT2D eigenvalue weighted by atomic mass is 16.5. The van der Waals surface area contributed by atoms with E-state index in [9.17, 15) is 0 Å². The maximum absolute atomic E-state index is 5.76. The average Bonchev–Trinajstić information content (AvgIpc) is 2.89. The van der Waals surface area contributed by atoms with Gasteiger partial charge in [-0.25, -0.2) is 0 Å². The zero-order valence-corrected chi connectivity index (χ0v) is 12.2. The monoisotopic (exact) mass is 279 g/mol. The smallest absolute Gasteiger partial charge is 0.134 e. The van der Waals surface area contributed by atoms with Gasteiger partial charge in [0.25, 0.3) is 0 Å². The number of aromatic nitrogens is 3. The summed E-state index contributed by atoms with van der Waals surface area (Å²) in [6.45, 7) is 4.42. The third-order valence-electron chi connectivity index (χ3n) is 3.26. The van der Waals surface area contributed by atoms with Crippen molar-refractivity contribution in [3.05, 3.63) is 71.5 Å². The van der Waals surface area contributed by atoms with Crippen molar-refractivity contribution in [2.75, 3.05) is 0 Å². The average molecular weight is 279 g/mol. The molecule has 0 amide bonds. The van der Waals surface area contributed by atoms with Crippen molar-refractivity contribution in [3.63, 3.8) is 0 Å². The van der Waals surface area contributed by atoms with Gasteiger partial charge in [0, 0.05) is 0 Å². The highest BCUT2D eigenvalue weighted by molar-refractivity contribution is 5.29. The molecule has 0 N–H and O–H groups in total. The van der Waals surface area contributed by atoms with Gasteiger partial charge in [-0.2, -0.15) is 9.90 Å². The van der Waals surface area contributed by atoms with Crippen LogP contribution in [0.5, 0.6) is 5.75 Å². The van der Waals surface area contributed by atoms with Crippen LogP contribution in [-0.4, -0.2) is 15.0 Å². The van der Waals surface area contributed by atoms with Crippen LogP contribution in [0.2, 0.25) is 0 Å². The molecule has 0 aliphatic heterocycles. The summed E-state index contributed by atoms with van der Waals surface area (Å²) in [6.07, 6.45) is 0. The number of benzene rings is 2. The van der Waals surface area contributed by atoms with Gasteiger partial charge in [0.05, 0.1) is 11.4 Å². The van der Waals surface area contributed by atoms with Crippen LogP contribution >= 0.6 is 0 Å². The van der Waals surface area contributed by atoms with E-state index in [1.54, 1.807) is 4.80 Å². The van der Waals surface area contributed by atoms with E-state index < -0.39 is 0 Å². The fourth-order valence-electron chi connectivity index (χ4n) is 2.01. The Morgan fingerprint density at radius 2 is 1.62 bits per heavy atom. The summed E-state index contributed by atoms with van der Waals surface area (Å²) in [4.78, 5) is 1.64. The van der Waals surface area contributed by atoms with E-state index >= 15 is 0 Å². The summed E-state index contributed by atoms with van der Waals surface area (Å²) in [5.41, 5.74) is 3.89. The molecule has 3 rings (SSSR count). The van der Waals surface area contributed by atoms with Crippen molar-refractivity contribution in [2.24, 2.45) is 0 Å². The molecule has 4 heteroatoms. The van der Waals surface area contributed by atoms with Gasteiger partial charge in [0.15, 0.2) is 0 Å². The molecule has 4 nitrogen and oxygen atoms in total. The van der Waals surface area contributed by atoms with Gasteiger partial charge in [-0.1, -0.05) is 35.9 Å². The van der Waals surface area contributed by atoms with Gasteiger partial charge in [-0.3, -0.25) is 0 Å². The molecule has 2 aromatic carbocycles. The van der Waals surface area contributed by atoms with Gasteiger partial charge in [0.2, 0.25) is 0 Å². The molecule has 0 saturated carbocycles. The first-order chi connectivity index (χ1) is 10.2. The van der Waals surface area contributed by atoms with Gasteiger partial charge in [0.1, 0.15) is 18.1 Å². The second kappa shape index (κ2) is 5.79. The van der Waals surface area contributed by atoms with E-state index in [0.717, 1.165) is 22.8 Å². The lowest BCUT2D eigenvalue weighted by molar-refractivity contribution is 0.299. The number of para-hydroxylation sites is 1. The van der Waals surface area contributed by atoms with Crippen molar-refractivity contribution >= 4 is 0 Å². The Bertz CT molecular complexity index is 718. The molecule has 0 fully saturated rings. The molecular formula is C17H17N3O. The number of rotatable bonds is 4. The molecule has 0 bridgehead atoms. The summed E-state index contributed by atoms with van der Waals surface area (Å²) in [7, 11) is 0. The topological polar surface area (TPSA) is 39.9 Å². The molecular weight excluding hydrogens is 262 g/mol. The Hall–Kier alpha value is -2.62. The number of hydrogen-bond donors (Lipinski definition) is 0. The predicted molar refractivity (Wildman–Crippen MR) is 81.6 cm³/mol. The van der Waals surface area contributed by atoms with Crippen molar-refractivity contribution in [1.29, 1.82) is 0 Å². The quantitative estimate of drug-likeness (QED) is 0.734. The van der Waals surface area contributed by atoms with E-state index in [-0.39, 0.29) is 0 Å². The van der Waals surface area contributed by atoms with Crippen molar-refractivity contribution < 1.29 is 4.74 Å². The zero-order valence-electron chi connectivity index (χ0n) is 12.2. The largest absolute Gasteiger partial charge is 0.487 e. The van der Waals surface area contributed by atoms with Crippen LogP contribution in [0.15, 0.2) is 54.6 Å². The predicted octanol–water partition coefficient (Wildman–Crippen LogP) is 3.46. The summed E-state index contributed by atoms with van der Waals surface area (Å²) in [5, 5.41) is 8.93. The van der Waals surface area contributed by atoms with E-state index in [4.69, 9.17) is 4.74 Å². The Kier molecular flexibility index (Phi) is 3.69. The zero-order chi connectivity index (χ0) is 14.7. The molecule has 0 aliphatic carbocycles. The van der Waals surface area contributed by atoms with Crippen LogP contribution in [0.1, 0.15) is 17.0 Å². The fraction of sp³-hybridized carbons (Fsp3) is 0.176.